The molecular weight excluding hydrogens is 426 g/mol. The number of nitrogens with zero attached hydrogens (tertiary/aromatic N) is 3. The number of nitrogen functional groups attached to an aromatic ring is 1. The third kappa shape index (κ3) is 4.64. The number of hydrogen-bond donors (Lipinski definition) is 1. The van der Waals surface area contributed by atoms with Crippen molar-refractivity contribution in [3.63, 3.8) is 0 Å². The van der Waals surface area contributed by atoms with E-state index < -0.39 is 5.82 Å². The zero-order valence-corrected chi connectivity index (χ0v) is 17.8. The van der Waals surface area contributed by atoms with Gasteiger partial charge in [0.15, 0.2) is 0 Å². The van der Waals surface area contributed by atoms with Gasteiger partial charge in [-0.1, -0.05) is 42.6 Å². The minimum atomic E-state index is -0.559. The number of aryl methyl sites for hydroxylation is 1. The average molecular weight is 445 g/mol. The Hall–Kier alpha value is -2.88. The topological polar surface area (TPSA) is 84.8 Å². The van der Waals surface area contributed by atoms with Crippen molar-refractivity contribution in [1.82, 2.24) is 9.97 Å². The summed E-state index contributed by atoms with van der Waals surface area (Å²) < 4.78 is 20.5. The fourth-order valence-corrected chi connectivity index (χ4v) is 3.49. The predicted octanol–water partition coefficient (Wildman–Crippen LogP) is 5.62. The lowest BCUT2D eigenvalue weighted by atomic mass is 10.1. The average Bonchev–Trinajstić information content (AvgIpc) is 2.72. The van der Waals surface area contributed by atoms with Crippen LogP contribution in [0.3, 0.4) is 0 Å². The fraction of sp³-hybridized carbons (Fsp3) is 0.227. The highest BCUT2D eigenvalue weighted by Gasteiger charge is 2.19. The highest BCUT2D eigenvalue weighted by Crippen LogP contribution is 2.37. The van der Waals surface area contributed by atoms with E-state index >= 15 is 0 Å². The van der Waals surface area contributed by atoms with Gasteiger partial charge in [0.2, 0.25) is 0 Å². The van der Waals surface area contributed by atoms with Crippen LogP contribution in [0.4, 0.5) is 10.1 Å². The molecule has 8 heteroatoms. The summed E-state index contributed by atoms with van der Waals surface area (Å²) in [5.74, 6) is -0.289. The largest absolute Gasteiger partial charge is 0.492 e. The number of ether oxygens (including phenoxy) is 1. The van der Waals surface area contributed by atoms with Gasteiger partial charge in [-0.15, -0.1) is 0 Å². The van der Waals surface area contributed by atoms with E-state index in [4.69, 9.17) is 38.9 Å². The number of aromatic nitrogens is 2. The SMILES string of the molecule is CCCc1nccc(CCOc2cccc(F)c2-c2nc(Cl)c(C#N)cc2Cl)c1N. The summed E-state index contributed by atoms with van der Waals surface area (Å²) in [6.45, 7) is 2.33. The van der Waals surface area contributed by atoms with E-state index in [0.29, 0.717) is 12.1 Å². The molecule has 5 nitrogen and oxygen atoms in total. The molecule has 0 unspecified atom stereocenters. The van der Waals surface area contributed by atoms with Crippen molar-refractivity contribution >= 4 is 28.9 Å². The van der Waals surface area contributed by atoms with Crippen LogP contribution < -0.4 is 10.5 Å². The quantitative estimate of drug-likeness (QED) is 0.478. The van der Waals surface area contributed by atoms with E-state index in [1.54, 1.807) is 12.3 Å². The number of anilines is 1. The molecule has 1 aromatic carbocycles. The minimum absolute atomic E-state index is 0.0564. The van der Waals surface area contributed by atoms with E-state index in [0.717, 1.165) is 24.1 Å². The number of benzene rings is 1. The molecule has 0 saturated carbocycles. The summed E-state index contributed by atoms with van der Waals surface area (Å²) in [7, 11) is 0. The lowest BCUT2D eigenvalue weighted by Crippen LogP contribution is -2.08. The molecule has 2 N–H and O–H groups in total. The molecule has 0 atom stereocenters. The predicted molar refractivity (Wildman–Crippen MR) is 116 cm³/mol. The van der Waals surface area contributed by atoms with E-state index in [-0.39, 0.29) is 39.4 Å². The van der Waals surface area contributed by atoms with Crippen molar-refractivity contribution in [2.24, 2.45) is 0 Å². The standard InChI is InChI=1S/C22H19Cl2FN4O/c1-2-4-17-20(27)13(7-9-28-17)8-10-30-18-6-3-5-16(25)19(18)21-15(23)11-14(12-26)22(24)29-21/h3,5-7,9,11H,2,4,8,10,27H2,1H3. The summed E-state index contributed by atoms with van der Waals surface area (Å²) in [6.07, 6.45) is 4.01. The van der Waals surface area contributed by atoms with Crippen molar-refractivity contribution in [1.29, 1.82) is 5.26 Å². The zero-order chi connectivity index (χ0) is 21.7. The normalized spacial score (nSPS) is 10.6. The molecule has 0 aliphatic rings. The van der Waals surface area contributed by atoms with Gasteiger partial charge in [-0.2, -0.15) is 5.26 Å². The third-order valence-corrected chi connectivity index (χ3v) is 5.12. The van der Waals surface area contributed by atoms with E-state index in [9.17, 15) is 4.39 Å². The number of halogens is 3. The molecule has 0 spiro atoms. The highest BCUT2D eigenvalue weighted by molar-refractivity contribution is 6.35. The Kier molecular flexibility index (Phi) is 7.09. The van der Waals surface area contributed by atoms with Crippen LogP contribution in [0.15, 0.2) is 36.5 Å². The molecule has 0 fully saturated rings. The monoisotopic (exact) mass is 444 g/mol. The number of rotatable bonds is 7. The van der Waals surface area contributed by atoms with Crippen molar-refractivity contribution in [2.45, 2.75) is 26.2 Å². The molecular formula is C22H19Cl2FN4O. The van der Waals surface area contributed by atoms with Gasteiger partial charge in [-0.3, -0.25) is 4.98 Å². The molecule has 154 valence electrons. The first-order chi connectivity index (χ1) is 14.5. The Balaban J connectivity index is 1.86. The highest BCUT2D eigenvalue weighted by atomic mass is 35.5. The van der Waals surface area contributed by atoms with Gasteiger partial charge < -0.3 is 10.5 Å². The van der Waals surface area contributed by atoms with Crippen LogP contribution in [0.1, 0.15) is 30.2 Å². The number of hydrogen-bond acceptors (Lipinski definition) is 5. The summed E-state index contributed by atoms with van der Waals surface area (Å²) in [5.41, 5.74) is 8.97. The Morgan fingerprint density at radius 3 is 2.77 bits per heavy atom. The summed E-state index contributed by atoms with van der Waals surface area (Å²) in [4.78, 5) is 8.43. The third-order valence-electron chi connectivity index (χ3n) is 4.54. The van der Waals surface area contributed by atoms with Crippen LogP contribution in [-0.2, 0) is 12.8 Å². The maximum atomic E-state index is 14.7. The molecule has 0 aliphatic carbocycles. The lowest BCUT2D eigenvalue weighted by molar-refractivity contribution is 0.322. The zero-order valence-electron chi connectivity index (χ0n) is 16.3. The van der Waals surface area contributed by atoms with Gasteiger partial charge in [-0.25, -0.2) is 9.37 Å². The second-order valence-corrected chi connectivity index (χ2v) is 7.33. The van der Waals surface area contributed by atoms with Crippen LogP contribution in [-0.4, -0.2) is 16.6 Å². The fourth-order valence-electron chi connectivity index (χ4n) is 3.06. The van der Waals surface area contributed by atoms with E-state index in [2.05, 4.69) is 16.9 Å². The minimum Gasteiger partial charge on any atom is -0.492 e. The second-order valence-electron chi connectivity index (χ2n) is 6.56. The van der Waals surface area contributed by atoms with E-state index in [1.165, 1.54) is 18.2 Å². The summed E-state index contributed by atoms with van der Waals surface area (Å²) in [6, 6.07) is 9.54. The second kappa shape index (κ2) is 9.75. The Morgan fingerprint density at radius 2 is 2.03 bits per heavy atom. The number of nitrogens with two attached hydrogens (primary N) is 1. The first-order valence-electron chi connectivity index (χ1n) is 9.36. The van der Waals surface area contributed by atoms with Crippen LogP contribution in [0.25, 0.3) is 11.3 Å². The number of pyridine rings is 2. The lowest BCUT2D eigenvalue weighted by Gasteiger charge is -2.14. The molecule has 0 amide bonds. The molecule has 3 aromatic rings. The van der Waals surface area contributed by atoms with Gasteiger partial charge >= 0.3 is 0 Å². The van der Waals surface area contributed by atoms with Crippen molar-refractivity contribution in [3.8, 4) is 23.1 Å². The first kappa shape index (κ1) is 21.8. The van der Waals surface area contributed by atoms with Gasteiger partial charge in [0.1, 0.15) is 22.8 Å². The molecule has 3 rings (SSSR count). The molecule has 0 bridgehead atoms. The van der Waals surface area contributed by atoms with Crippen molar-refractivity contribution in [3.05, 3.63) is 69.3 Å². The number of nitriles is 1. The van der Waals surface area contributed by atoms with Gasteiger partial charge in [0, 0.05) is 12.6 Å². The smallest absolute Gasteiger partial charge is 0.147 e. The van der Waals surface area contributed by atoms with Crippen LogP contribution in [0.5, 0.6) is 5.75 Å². The molecule has 0 aliphatic heterocycles. The molecule has 0 saturated heterocycles. The van der Waals surface area contributed by atoms with E-state index in [1.807, 2.05) is 12.1 Å². The van der Waals surface area contributed by atoms with Gasteiger partial charge in [-0.05, 0) is 36.2 Å². The molecule has 2 aromatic heterocycles. The maximum absolute atomic E-state index is 14.7. The van der Waals surface area contributed by atoms with Gasteiger partial charge in [0.25, 0.3) is 0 Å². The van der Waals surface area contributed by atoms with Crippen molar-refractivity contribution < 1.29 is 9.13 Å². The summed E-state index contributed by atoms with van der Waals surface area (Å²) in [5, 5.41) is 9.12. The van der Waals surface area contributed by atoms with Crippen molar-refractivity contribution in [2.75, 3.05) is 12.3 Å². The molecule has 2 heterocycles. The van der Waals surface area contributed by atoms with Crippen LogP contribution in [0.2, 0.25) is 10.2 Å². The summed E-state index contributed by atoms with van der Waals surface area (Å²) >= 11 is 12.3. The first-order valence-corrected chi connectivity index (χ1v) is 10.1. The maximum Gasteiger partial charge on any atom is 0.147 e. The Bertz CT molecular complexity index is 1120. The van der Waals surface area contributed by atoms with Crippen LogP contribution >= 0.6 is 23.2 Å². The Labute approximate surface area is 184 Å². The van der Waals surface area contributed by atoms with Crippen LogP contribution in [0, 0.1) is 17.1 Å². The molecule has 0 radical (unpaired) electrons. The van der Waals surface area contributed by atoms with Gasteiger partial charge in [0.05, 0.1) is 39.8 Å². The Morgan fingerprint density at radius 1 is 1.23 bits per heavy atom. The molecule has 30 heavy (non-hydrogen) atoms.